The van der Waals surface area contributed by atoms with Crippen LogP contribution in [0.4, 0.5) is 17.1 Å². The van der Waals surface area contributed by atoms with Crippen LogP contribution in [0.3, 0.4) is 0 Å². The number of nitro benzene ring substituents is 1. The number of anilines is 2. The van der Waals surface area contributed by atoms with E-state index in [0.29, 0.717) is 11.4 Å². The van der Waals surface area contributed by atoms with Crippen molar-refractivity contribution in [2.24, 2.45) is 5.73 Å². The highest BCUT2D eigenvalue weighted by Crippen LogP contribution is 2.26. The molecule has 0 radical (unpaired) electrons. The number of nitrogens with two attached hydrogens (primary N) is 1. The molecule has 2 aromatic carbocycles. The van der Waals surface area contributed by atoms with Gasteiger partial charge in [0.25, 0.3) is 5.69 Å². The van der Waals surface area contributed by atoms with Gasteiger partial charge in [-0.25, -0.2) is 0 Å². The monoisotopic (exact) mass is 374 g/mol. The van der Waals surface area contributed by atoms with Gasteiger partial charge >= 0.3 is 0 Å². The fourth-order valence-corrected chi connectivity index (χ4v) is 2.88. The molecule has 0 saturated heterocycles. The summed E-state index contributed by atoms with van der Waals surface area (Å²) >= 11 is 1.27. The third-order valence-corrected chi connectivity index (χ3v) is 4.50. The minimum Gasteiger partial charge on any atom is -0.375 e. The van der Waals surface area contributed by atoms with Gasteiger partial charge in [-0.15, -0.1) is 11.8 Å². The molecular weight excluding hydrogens is 356 g/mol. The summed E-state index contributed by atoms with van der Waals surface area (Å²) in [6, 6.07) is 11.5. The van der Waals surface area contributed by atoms with Crippen LogP contribution in [0.1, 0.15) is 5.56 Å². The number of aryl methyl sites for hydroxylation is 1. The van der Waals surface area contributed by atoms with E-state index in [0.717, 1.165) is 10.5 Å². The van der Waals surface area contributed by atoms with Crippen LogP contribution in [0.15, 0.2) is 47.4 Å². The molecule has 2 aromatic rings. The number of hydrogen-bond acceptors (Lipinski definition) is 6. The van der Waals surface area contributed by atoms with E-state index in [1.165, 1.54) is 23.9 Å². The summed E-state index contributed by atoms with van der Waals surface area (Å²) in [5.74, 6) is -0.635. The Hall–Kier alpha value is -3.07. The number of hydrogen-bond donors (Lipinski definition) is 3. The van der Waals surface area contributed by atoms with E-state index < -0.39 is 10.8 Å². The fraction of sp³-hybridized carbons (Fsp3) is 0.176. The Balaban J connectivity index is 2.00. The van der Waals surface area contributed by atoms with Crippen molar-refractivity contribution in [1.29, 1.82) is 0 Å². The van der Waals surface area contributed by atoms with Gasteiger partial charge in [0.15, 0.2) is 0 Å². The van der Waals surface area contributed by atoms with Crippen LogP contribution in [0, 0.1) is 17.0 Å². The van der Waals surface area contributed by atoms with Crippen molar-refractivity contribution in [2.45, 2.75) is 11.8 Å². The molecule has 9 heteroatoms. The standard InChI is InChI=1S/C17H18N4O4S/c1-11-6-7-12(21(24)25)8-14(11)20-17(23)9-19-13-4-2-3-5-15(13)26-10-16(18)22/h2-8,19H,9-10H2,1H3,(H2,18,22)(H,20,23). The molecule has 0 aromatic heterocycles. The molecule has 0 bridgehead atoms. The Morgan fingerprint density at radius 1 is 1.19 bits per heavy atom. The number of para-hydroxylation sites is 1. The van der Waals surface area contributed by atoms with Gasteiger partial charge in [-0.2, -0.15) is 0 Å². The molecule has 0 fully saturated rings. The lowest BCUT2D eigenvalue weighted by atomic mass is 10.2. The first-order valence-electron chi connectivity index (χ1n) is 7.65. The third-order valence-electron chi connectivity index (χ3n) is 3.40. The number of nitrogens with zero attached hydrogens (tertiary/aromatic N) is 1. The Labute approximate surface area is 154 Å². The molecule has 0 aliphatic carbocycles. The topological polar surface area (TPSA) is 127 Å². The number of benzene rings is 2. The highest BCUT2D eigenvalue weighted by atomic mass is 32.2. The maximum absolute atomic E-state index is 12.2. The first kappa shape index (κ1) is 19.3. The third kappa shape index (κ3) is 5.49. The molecule has 0 saturated carbocycles. The van der Waals surface area contributed by atoms with E-state index in [4.69, 9.17) is 5.73 Å². The van der Waals surface area contributed by atoms with Crippen molar-refractivity contribution < 1.29 is 14.5 Å². The van der Waals surface area contributed by atoms with Gasteiger partial charge in [0.1, 0.15) is 0 Å². The number of rotatable bonds is 8. The summed E-state index contributed by atoms with van der Waals surface area (Å²) in [7, 11) is 0. The van der Waals surface area contributed by atoms with E-state index >= 15 is 0 Å². The summed E-state index contributed by atoms with van der Waals surface area (Å²) in [6.07, 6.45) is 0. The van der Waals surface area contributed by atoms with Crippen LogP contribution in [-0.4, -0.2) is 29.0 Å². The lowest BCUT2D eigenvalue weighted by Gasteiger charge is -2.12. The Morgan fingerprint density at radius 3 is 2.62 bits per heavy atom. The number of nitro groups is 1. The van der Waals surface area contributed by atoms with Crippen molar-refractivity contribution >= 4 is 40.6 Å². The number of primary amides is 1. The van der Waals surface area contributed by atoms with Gasteiger partial charge in [0, 0.05) is 22.7 Å². The molecule has 0 spiro atoms. The van der Waals surface area contributed by atoms with Gasteiger partial charge in [-0.1, -0.05) is 18.2 Å². The number of carbonyl (C=O) groups is 2. The summed E-state index contributed by atoms with van der Waals surface area (Å²) < 4.78 is 0. The van der Waals surface area contributed by atoms with Crippen LogP contribution in [0.2, 0.25) is 0 Å². The van der Waals surface area contributed by atoms with Crippen LogP contribution in [0.25, 0.3) is 0 Å². The highest BCUT2D eigenvalue weighted by molar-refractivity contribution is 8.00. The molecule has 8 nitrogen and oxygen atoms in total. The lowest BCUT2D eigenvalue weighted by Crippen LogP contribution is -2.22. The van der Waals surface area contributed by atoms with Crippen LogP contribution < -0.4 is 16.4 Å². The SMILES string of the molecule is Cc1ccc([N+](=O)[O-])cc1NC(=O)CNc1ccccc1SCC(N)=O. The molecule has 0 aliphatic rings. The first-order chi connectivity index (χ1) is 12.4. The molecule has 0 atom stereocenters. The molecule has 26 heavy (non-hydrogen) atoms. The van der Waals surface area contributed by atoms with Crippen molar-refractivity contribution in [1.82, 2.24) is 0 Å². The molecule has 136 valence electrons. The lowest BCUT2D eigenvalue weighted by molar-refractivity contribution is -0.384. The van der Waals surface area contributed by atoms with Crippen molar-refractivity contribution in [3.63, 3.8) is 0 Å². The normalized spacial score (nSPS) is 10.2. The molecule has 0 unspecified atom stereocenters. The Morgan fingerprint density at radius 2 is 1.92 bits per heavy atom. The fourth-order valence-electron chi connectivity index (χ4n) is 2.12. The zero-order valence-corrected chi connectivity index (χ0v) is 14.8. The van der Waals surface area contributed by atoms with Crippen molar-refractivity contribution in [2.75, 3.05) is 22.9 Å². The zero-order chi connectivity index (χ0) is 19.1. The van der Waals surface area contributed by atoms with Crippen LogP contribution >= 0.6 is 11.8 Å². The number of nitrogens with one attached hydrogen (secondary N) is 2. The van der Waals surface area contributed by atoms with E-state index in [1.54, 1.807) is 25.1 Å². The van der Waals surface area contributed by atoms with Crippen molar-refractivity contribution in [3.8, 4) is 0 Å². The van der Waals surface area contributed by atoms with Gasteiger partial charge in [-0.3, -0.25) is 19.7 Å². The maximum atomic E-state index is 12.2. The second-order valence-electron chi connectivity index (χ2n) is 5.41. The van der Waals surface area contributed by atoms with E-state index in [-0.39, 0.29) is 23.9 Å². The van der Waals surface area contributed by atoms with Crippen LogP contribution in [-0.2, 0) is 9.59 Å². The minimum atomic E-state index is -0.514. The summed E-state index contributed by atoms with van der Waals surface area (Å²) in [5.41, 5.74) is 6.88. The molecule has 2 amide bonds. The molecular formula is C17H18N4O4S. The predicted octanol–water partition coefficient (Wildman–Crippen LogP) is 2.53. The largest absolute Gasteiger partial charge is 0.375 e. The van der Waals surface area contributed by atoms with Crippen molar-refractivity contribution in [3.05, 3.63) is 58.1 Å². The average molecular weight is 374 g/mol. The number of carbonyl (C=O) groups excluding carboxylic acids is 2. The Kier molecular flexibility index (Phi) is 6.56. The minimum absolute atomic E-state index is 0.0315. The average Bonchev–Trinajstić information content (AvgIpc) is 2.60. The summed E-state index contributed by atoms with van der Waals surface area (Å²) in [6.45, 7) is 1.72. The molecule has 0 heterocycles. The summed E-state index contributed by atoms with van der Waals surface area (Å²) in [5, 5.41) is 16.5. The van der Waals surface area contributed by atoms with E-state index in [2.05, 4.69) is 10.6 Å². The van der Waals surface area contributed by atoms with E-state index in [9.17, 15) is 19.7 Å². The molecule has 0 aliphatic heterocycles. The number of thioether (sulfide) groups is 1. The zero-order valence-electron chi connectivity index (χ0n) is 14.0. The van der Waals surface area contributed by atoms with Gasteiger partial charge < -0.3 is 16.4 Å². The smallest absolute Gasteiger partial charge is 0.271 e. The number of amides is 2. The highest BCUT2D eigenvalue weighted by Gasteiger charge is 2.12. The van der Waals surface area contributed by atoms with Gasteiger partial charge in [-0.05, 0) is 24.6 Å². The van der Waals surface area contributed by atoms with Gasteiger partial charge in [0.2, 0.25) is 11.8 Å². The maximum Gasteiger partial charge on any atom is 0.271 e. The predicted molar refractivity (Wildman–Crippen MR) is 101 cm³/mol. The summed E-state index contributed by atoms with van der Waals surface area (Å²) in [4.78, 5) is 34.2. The quantitative estimate of drug-likeness (QED) is 0.370. The number of non-ortho nitro benzene ring substituents is 1. The second kappa shape index (κ2) is 8.86. The second-order valence-corrected chi connectivity index (χ2v) is 6.43. The molecule has 2 rings (SSSR count). The van der Waals surface area contributed by atoms with E-state index in [1.807, 2.05) is 12.1 Å². The molecule has 4 N–H and O–H groups in total. The van der Waals surface area contributed by atoms with Crippen LogP contribution in [0.5, 0.6) is 0 Å². The Bertz CT molecular complexity index is 841. The first-order valence-corrected chi connectivity index (χ1v) is 8.64. The van der Waals surface area contributed by atoms with Gasteiger partial charge in [0.05, 0.1) is 22.9 Å².